The van der Waals surface area contributed by atoms with Crippen LogP contribution < -0.4 is 11.1 Å². The molecule has 1 unspecified atom stereocenters. The topological polar surface area (TPSA) is 38.0 Å². The summed E-state index contributed by atoms with van der Waals surface area (Å²) >= 11 is 0. The van der Waals surface area contributed by atoms with Crippen LogP contribution in [0.25, 0.3) is 0 Å². The van der Waals surface area contributed by atoms with E-state index < -0.39 is 0 Å². The van der Waals surface area contributed by atoms with Crippen molar-refractivity contribution in [1.29, 1.82) is 0 Å². The van der Waals surface area contributed by atoms with Crippen LogP contribution in [0.2, 0.25) is 0 Å². The Bertz CT molecular complexity index is 549. The van der Waals surface area contributed by atoms with Gasteiger partial charge in [-0.1, -0.05) is 43.3 Å². The molecule has 2 rings (SSSR count). The second-order valence-electron chi connectivity index (χ2n) is 5.60. The lowest BCUT2D eigenvalue weighted by Gasteiger charge is -2.20. The van der Waals surface area contributed by atoms with Crippen LogP contribution in [0.1, 0.15) is 30.0 Å². The predicted molar refractivity (Wildman–Crippen MR) is 91.8 cm³/mol. The first-order valence-electron chi connectivity index (χ1n) is 7.83. The molecule has 112 valence electrons. The molecule has 1 atom stereocenters. The summed E-state index contributed by atoms with van der Waals surface area (Å²) in [5.74, 6) is 0. The van der Waals surface area contributed by atoms with Crippen LogP contribution in [0.4, 0.5) is 5.69 Å². The van der Waals surface area contributed by atoms with E-state index in [-0.39, 0.29) is 0 Å². The average molecular weight is 282 g/mol. The molecule has 0 aromatic heterocycles. The quantitative estimate of drug-likeness (QED) is 0.807. The van der Waals surface area contributed by atoms with E-state index in [0.717, 1.165) is 19.3 Å². The van der Waals surface area contributed by atoms with Crippen LogP contribution in [-0.4, -0.2) is 12.6 Å². The monoisotopic (exact) mass is 282 g/mol. The van der Waals surface area contributed by atoms with Crippen molar-refractivity contribution in [3.63, 3.8) is 0 Å². The number of hydrogen-bond donors (Lipinski definition) is 2. The van der Waals surface area contributed by atoms with Crippen LogP contribution in [0.15, 0.2) is 48.5 Å². The fraction of sp³-hybridized carbons (Fsp3) is 0.368. The lowest BCUT2D eigenvalue weighted by Crippen LogP contribution is -2.25. The van der Waals surface area contributed by atoms with Gasteiger partial charge in [0.1, 0.15) is 0 Å². The van der Waals surface area contributed by atoms with Gasteiger partial charge >= 0.3 is 0 Å². The maximum absolute atomic E-state index is 5.77. The van der Waals surface area contributed by atoms with Gasteiger partial charge in [0, 0.05) is 11.7 Å². The highest BCUT2D eigenvalue weighted by Crippen LogP contribution is 2.18. The standard InChI is InChI=1S/C19H26N2/c1-3-17-9-10-18(13-15(17)2)21-19(11-12-20)14-16-7-5-4-6-8-16/h4-10,13,19,21H,3,11-12,14,20H2,1-2H3. The van der Waals surface area contributed by atoms with Crippen molar-refractivity contribution < 1.29 is 0 Å². The molecule has 0 bridgehead atoms. The van der Waals surface area contributed by atoms with Crippen molar-refractivity contribution in [1.82, 2.24) is 0 Å². The predicted octanol–water partition coefficient (Wildman–Crippen LogP) is 3.93. The van der Waals surface area contributed by atoms with Gasteiger partial charge in [0.2, 0.25) is 0 Å². The van der Waals surface area contributed by atoms with Crippen LogP contribution in [0.3, 0.4) is 0 Å². The molecule has 3 N–H and O–H groups in total. The molecule has 0 saturated heterocycles. The first-order chi connectivity index (χ1) is 10.2. The summed E-state index contributed by atoms with van der Waals surface area (Å²) in [7, 11) is 0. The summed E-state index contributed by atoms with van der Waals surface area (Å²) in [5.41, 5.74) is 11.1. The van der Waals surface area contributed by atoms with Crippen molar-refractivity contribution in [3.8, 4) is 0 Å². The maximum atomic E-state index is 5.77. The SMILES string of the molecule is CCc1ccc(NC(CCN)Cc2ccccc2)cc1C. The fourth-order valence-electron chi connectivity index (χ4n) is 2.74. The van der Waals surface area contributed by atoms with E-state index in [0.29, 0.717) is 12.6 Å². The summed E-state index contributed by atoms with van der Waals surface area (Å²) in [6.07, 6.45) is 3.07. The number of anilines is 1. The van der Waals surface area contributed by atoms with Gasteiger partial charge in [-0.15, -0.1) is 0 Å². The van der Waals surface area contributed by atoms with Gasteiger partial charge in [0.05, 0.1) is 0 Å². The molecule has 0 amide bonds. The summed E-state index contributed by atoms with van der Waals surface area (Å²) in [5, 5.41) is 3.64. The third kappa shape index (κ3) is 4.61. The Kier molecular flexibility index (Phi) is 5.82. The minimum atomic E-state index is 0.379. The third-order valence-electron chi connectivity index (χ3n) is 3.93. The summed E-state index contributed by atoms with van der Waals surface area (Å²) in [6, 6.07) is 17.6. The van der Waals surface area contributed by atoms with Crippen LogP contribution in [-0.2, 0) is 12.8 Å². The number of hydrogen-bond acceptors (Lipinski definition) is 2. The normalized spacial score (nSPS) is 12.1. The maximum Gasteiger partial charge on any atom is 0.0345 e. The molecule has 2 aromatic rings. The molecular formula is C19H26N2. The molecule has 0 fully saturated rings. The van der Waals surface area contributed by atoms with E-state index in [1.165, 1.54) is 22.4 Å². The van der Waals surface area contributed by atoms with E-state index in [4.69, 9.17) is 5.73 Å². The zero-order chi connectivity index (χ0) is 15.1. The Hall–Kier alpha value is -1.80. The number of nitrogens with two attached hydrogens (primary N) is 1. The zero-order valence-electron chi connectivity index (χ0n) is 13.1. The van der Waals surface area contributed by atoms with E-state index >= 15 is 0 Å². The van der Waals surface area contributed by atoms with E-state index in [1.54, 1.807) is 0 Å². The molecule has 0 heterocycles. The molecule has 0 aliphatic heterocycles. The highest BCUT2D eigenvalue weighted by molar-refractivity contribution is 5.49. The largest absolute Gasteiger partial charge is 0.382 e. The first kappa shape index (κ1) is 15.6. The molecule has 0 spiro atoms. The zero-order valence-corrected chi connectivity index (χ0v) is 13.1. The second-order valence-corrected chi connectivity index (χ2v) is 5.60. The van der Waals surface area contributed by atoms with Gasteiger partial charge in [0.15, 0.2) is 0 Å². The van der Waals surface area contributed by atoms with Crippen molar-refractivity contribution >= 4 is 5.69 Å². The molecule has 2 heteroatoms. The van der Waals surface area contributed by atoms with Gasteiger partial charge in [0.25, 0.3) is 0 Å². The Morgan fingerprint density at radius 3 is 2.48 bits per heavy atom. The fourth-order valence-corrected chi connectivity index (χ4v) is 2.74. The molecule has 0 aliphatic carbocycles. The van der Waals surface area contributed by atoms with Crippen LogP contribution >= 0.6 is 0 Å². The number of rotatable bonds is 7. The molecule has 2 aromatic carbocycles. The van der Waals surface area contributed by atoms with Crippen molar-refractivity contribution in [2.75, 3.05) is 11.9 Å². The molecule has 21 heavy (non-hydrogen) atoms. The van der Waals surface area contributed by atoms with Crippen molar-refractivity contribution in [2.24, 2.45) is 5.73 Å². The highest BCUT2D eigenvalue weighted by atomic mass is 14.9. The lowest BCUT2D eigenvalue weighted by atomic mass is 10.0. The highest BCUT2D eigenvalue weighted by Gasteiger charge is 2.09. The molecule has 0 aliphatic rings. The molecule has 2 nitrogen and oxygen atoms in total. The Labute approximate surface area is 128 Å². The number of nitrogens with one attached hydrogen (secondary N) is 1. The first-order valence-corrected chi connectivity index (χ1v) is 7.83. The minimum Gasteiger partial charge on any atom is -0.382 e. The van der Waals surface area contributed by atoms with Gasteiger partial charge in [-0.05, 0) is 61.6 Å². The smallest absolute Gasteiger partial charge is 0.0345 e. The molecule has 0 radical (unpaired) electrons. The Morgan fingerprint density at radius 2 is 1.86 bits per heavy atom. The Morgan fingerprint density at radius 1 is 1.10 bits per heavy atom. The minimum absolute atomic E-state index is 0.379. The summed E-state index contributed by atoms with van der Waals surface area (Å²) in [6.45, 7) is 5.08. The van der Waals surface area contributed by atoms with Gasteiger partial charge in [-0.2, -0.15) is 0 Å². The van der Waals surface area contributed by atoms with Crippen molar-refractivity contribution in [3.05, 3.63) is 65.2 Å². The van der Waals surface area contributed by atoms with E-state index in [9.17, 15) is 0 Å². The van der Waals surface area contributed by atoms with E-state index in [2.05, 4.69) is 67.7 Å². The average Bonchev–Trinajstić information content (AvgIpc) is 2.49. The van der Waals surface area contributed by atoms with Gasteiger partial charge in [-0.25, -0.2) is 0 Å². The van der Waals surface area contributed by atoms with Crippen LogP contribution in [0.5, 0.6) is 0 Å². The summed E-state index contributed by atoms with van der Waals surface area (Å²) in [4.78, 5) is 0. The van der Waals surface area contributed by atoms with Crippen molar-refractivity contribution in [2.45, 2.75) is 39.2 Å². The Balaban J connectivity index is 2.07. The van der Waals surface area contributed by atoms with E-state index in [1.807, 2.05) is 0 Å². The summed E-state index contributed by atoms with van der Waals surface area (Å²) < 4.78 is 0. The number of aryl methyl sites for hydroxylation is 2. The molecule has 0 saturated carbocycles. The van der Waals surface area contributed by atoms with Crippen LogP contribution in [0, 0.1) is 6.92 Å². The van der Waals surface area contributed by atoms with Gasteiger partial charge in [-0.3, -0.25) is 0 Å². The lowest BCUT2D eigenvalue weighted by molar-refractivity contribution is 0.658. The number of benzene rings is 2. The second kappa shape index (κ2) is 7.84. The van der Waals surface area contributed by atoms with Gasteiger partial charge < -0.3 is 11.1 Å². The molecular weight excluding hydrogens is 256 g/mol. The third-order valence-corrected chi connectivity index (χ3v) is 3.93.